The van der Waals surface area contributed by atoms with Gasteiger partial charge in [-0.1, -0.05) is 27.7 Å². The van der Waals surface area contributed by atoms with E-state index in [1.807, 2.05) is 0 Å². The smallest absolute Gasteiger partial charge is 0.0666 e. The third-order valence-electron chi connectivity index (χ3n) is 3.65. The summed E-state index contributed by atoms with van der Waals surface area (Å²) in [5.41, 5.74) is 0.546. The zero-order valence-electron chi connectivity index (χ0n) is 11.7. The fraction of sp³-hybridized carbons (Fsp3) is 1.00. The Morgan fingerprint density at radius 3 is 2.62 bits per heavy atom. The molecule has 16 heavy (non-hydrogen) atoms. The van der Waals surface area contributed by atoms with Crippen LogP contribution in [0.2, 0.25) is 0 Å². The summed E-state index contributed by atoms with van der Waals surface area (Å²) in [5, 5.41) is 3.69. The summed E-state index contributed by atoms with van der Waals surface area (Å²) >= 11 is 0. The van der Waals surface area contributed by atoms with Crippen molar-refractivity contribution >= 4 is 0 Å². The molecule has 2 atom stereocenters. The maximum atomic E-state index is 5.85. The zero-order chi connectivity index (χ0) is 12.2. The molecule has 0 saturated carbocycles. The van der Waals surface area contributed by atoms with E-state index in [0.717, 1.165) is 26.0 Å². The van der Waals surface area contributed by atoms with Crippen LogP contribution in [-0.2, 0) is 4.74 Å². The van der Waals surface area contributed by atoms with Gasteiger partial charge >= 0.3 is 0 Å². The standard InChI is InChI=1S/C14H29NO/c1-6-14(5)11-12(7-10-16-14)15-9-8-13(2,3)4/h12,15H,6-11H2,1-5H3. The molecule has 2 nitrogen and oxygen atoms in total. The molecule has 1 aliphatic heterocycles. The van der Waals surface area contributed by atoms with Crippen molar-refractivity contribution in [1.29, 1.82) is 0 Å². The second-order valence-corrected chi connectivity index (χ2v) is 6.61. The van der Waals surface area contributed by atoms with Gasteiger partial charge in [-0.05, 0) is 44.6 Å². The van der Waals surface area contributed by atoms with Crippen LogP contribution in [0.5, 0.6) is 0 Å². The molecule has 0 spiro atoms. The normalized spacial score (nSPS) is 31.7. The van der Waals surface area contributed by atoms with Crippen LogP contribution in [-0.4, -0.2) is 24.8 Å². The number of ether oxygens (including phenoxy) is 1. The predicted molar refractivity (Wildman–Crippen MR) is 69.7 cm³/mol. The highest BCUT2D eigenvalue weighted by Crippen LogP contribution is 2.28. The Kier molecular flexibility index (Phi) is 4.81. The van der Waals surface area contributed by atoms with E-state index in [1.54, 1.807) is 0 Å². The lowest BCUT2D eigenvalue weighted by atomic mass is 9.89. The van der Waals surface area contributed by atoms with Crippen LogP contribution >= 0.6 is 0 Å². The second kappa shape index (κ2) is 5.50. The van der Waals surface area contributed by atoms with E-state index >= 15 is 0 Å². The van der Waals surface area contributed by atoms with Crippen molar-refractivity contribution in [2.45, 2.75) is 71.9 Å². The predicted octanol–water partition coefficient (Wildman–Crippen LogP) is 3.36. The topological polar surface area (TPSA) is 21.3 Å². The van der Waals surface area contributed by atoms with E-state index < -0.39 is 0 Å². The Hall–Kier alpha value is -0.0800. The monoisotopic (exact) mass is 227 g/mol. The summed E-state index contributed by atoms with van der Waals surface area (Å²) in [6.07, 6.45) is 4.69. The molecule has 1 rings (SSSR count). The molecule has 1 N–H and O–H groups in total. The zero-order valence-corrected chi connectivity index (χ0v) is 11.7. The van der Waals surface area contributed by atoms with Crippen molar-refractivity contribution in [3.63, 3.8) is 0 Å². The van der Waals surface area contributed by atoms with E-state index in [0.29, 0.717) is 11.5 Å². The van der Waals surface area contributed by atoms with Crippen LogP contribution in [0.15, 0.2) is 0 Å². The Morgan fingerprint density at radius 2 is 2.06 bits per heavy atom. The molecule has 0 aliphatic carbocycles. The highest BCUT2D eigenvalue weighted by Gasteiger charge is 2.31. The highest BCUT2D eigenvalue weighted by molar-refractivity contribution is 4.85. The van der Waals surface area contributed by atoms with Gasteiger partial charge in [-0.15, -0.1) is 0 Å². The summed E-state index contributed by atoms with van der Waals surface area (Å²) in [5.74, 6) is 0. The average molecular weight is 227 g/mol. The van der Waals surface area contributed by atoms with Crippen molar-refractivity contribution in [2.75, 3.05) is 13.2 Å². The lowest BCUT2D eigenvalue weighted by Crippen LogP contribution is -2.45. The van der Waals surface area contributed by atoms with E-state index in [4.69, 9.17) is 4.74 Å². The van der Waals surface area contributed by atoms with E-state index in [1.165, 1.54) is 12.8 Å². The molecule has 1 heterocycles. The van der Waals surface area contributed by atoms with Gasteiger partial charge in [0.1, 0.15) is 0 Å². The average Bonchev–Trinajstić information content (AvgIpc) is 2.16. The van der Waals surface area contributed by atoms with Gasteiger partial charge in [0.05, 0.1) is 5.60 Å². The first-order chi connectivity index (χ1) is 7.35. The van der Waals surface area contributed by atoms with Crippen molar-refractivity contribution in [2.24, 2.45) is 5.41 Å². The molecule has 0 radical (unpaired) electrons. The van der Waals surface area contributed by atoms with Crippen molar-refractivity contribution in [3.8, 4) is 0 Å². The SMILES string of the molecule is CCC1(C)CC(NCCC(C)(C)C)CCO1. The fourth-order valence-corrected chi connectivity index (χ4v) is 2.20. The molecular formula is C14H29NO. The molecule has 2 heteroatoms. The van der Waals surface area contributed by atoms with Gasteiger partial charge in [0.25, 0.3) is 0 Å². The first-order valence-electron chi connectivity index (χ1n) is 6.72. The van der Waals surface area contributed by atoms with Gasteiger partial charge < -0.3 is 10.1 Å². The molecule has 0 aromatic carbocycles. The van der Waals surface area contributed by atoms with Crippen molar-refractivity contribution in [3.05, 3.63) is 0 Å². The van der Waals surface area contributed by atoms with Crippen LogP contribution in [0, 0.1) is 5.41 Å². The molecule has 0 aromatic rings. The second-order valence-electron chi connectivity index (χ2n) is 6.61. The molecular weight excluding hydrogens is 198 g/mol. The lowest BCUT2D eigenvalue weighted by Gasteiger charge is -2.38. The van der Waals surface area contributed by atoms with Gasteiger partial charge in [-0.2, -0.15) is 0 Å². The highest BCUT2D eigenvalue weighted by atomic mass is 16.5. The number of hydrogen-bond acceptors (Lipinski definition) is 2. The molecule has 1 fully saturated rings. The van der Waals surface area contributed by atoms with Crippen LogP contribution in [0.4, 0.5) is 0 Å². The van der Waals surface area contributed by atoms with E-state index in [9.17, 15) is 0 Å². The quantitative estimate of drug-likeness (QED) is 0.795. The lowest BCUT2D eigenvalue weighted by molar-refractivity contribution is -0.0780. The minimum Gasteiger partial charge on any atom is -0.375 e. The first kappa shape index (κ1) is 14.0. The maximum Gasteiger partial charge on any atom is 0.0666 e. The minimum absolute atomic E-state index is 0.109. The van der Waals surface area contributed by atoms with Crippen LogP contribution in [0.1, 0.15) is 60.3 Å². The van der Waals surface area contributed by atoms with E-state index in [2.05, 4.69) is 39.9 Å². The van der Waals surface area contributed by atoms with Gasteiger partial charge in [-0.3, -0.25) is 0 Å². The molecule has 0 aromatic heterocycles. The molecule has 1 aliphatic rings. The van der Waals surface area contributed by atoms with Gasteiger partial charge in [0.15, 0.2) is 0 Å². The largest absolute Gasteiger partial charge is 0.375 e. The van der Waals surface area contributed by atoms with Crippen LogP contribution < -0.4 is 5.32 Å². The third-order valence-corrected chi connectivity index (χ3v) is 3.65. The van der Waals surface area contributed by atoms with Gasteiger partial charge in [0.2, 0.25) is 0 Å². The van der Waals surface area contributed by atoms with Crippen molar-refractivity contribution in [1.82, 2.24) is 5.32 Å². The molecule has 2 unspecified atom stereocenters. The fourth-order valence-electron chi connectivity index (χ4n) is 2.20. The molecule has 0 bridgehead atoms. The summed E-state index contributed by atoms with van der Waals surface area (Å²) in [7, 11) is 0. The maximum absolute atomic E-state index is 5.85. The molecule has 0 amide bonds. The summed E-state index contributed by atoms with van der Waals surface area (Å²) in [6, 6.07) is 0.654. The van der Waals surface area contributed by atoms with Crippen LogP contribution in [0.3, 0.4) is 0 Å². The molecule has 96 valence electrons. The summed E-state index contributed by atoms with van der Waals surface area (Å²) in [6.45, 7) is 13.4. The molecule has 1 saturated heterocycles. The Labute approximate surface area is 101 Å². The number of nitrogens with one attached hydrogen (secondary N) is 1. The Bertz CT molecular complexity index is 209. The van der Waals surface area contributed by atoms with Gasteiger partial charge in [0, 0.05) is 12.6 Å². The summed E-state index contributed by atoms with van der Waals surface area (Å²) in [4.78, 5) is 0. The van der Waals surface area contributed by atoms with Crippen molar-refractivity contribution < 1.29 is 4.74 Å². The number of hydrogen-bond donors (Lipinski definition) is 1. The van der Waals surface area contributed by atoms with Crippen LogP contribution in [0.25, 0.3) is 0 Å². The Balaban J connectivity index is 2.27. The summed E-state index contributed by atoms with van der Waals surface area (Å²) < 4.78 is 5.85. The number of rotatable bonds is 4. The van der Waals surface area contributed by atoms with Gasteiger partial charge in [-0.25, -0.2) is 0 Å². The Morgan fingerprint density at radius 1 is 1.38 bits per heavy atom. The third kappa shape index (κ3) is 4.84. The first-order valence-corrected chi connectivity index (χ1v) is 6.72. The minimum atomic E-state index is 0.109. The van der Waals surface area contributed by atoms with E-state index in [-0.39, 0.29) is 5.60 Å².